The molecule has 0 bridgehead atoms. The first-order valence-corrected chi connectivity index (χ1v) is 7.52. The Bertz CT molecular complexity index is 499. The fourth-order valence-electron chi connectivity index (χ4n) is 2.63. The van der Waals surface area contributed by atoms with Gasteiger partial charge in [-0.1, -0.05) is 62.7 Å². The lowest BCUT2D eigenvalue weighted by atomic mass is 9.93. The second-order valence-electron chi connectivity index (χ2n) is 5.32. The van der Waals surface area contributed by atoms with Gasteiger partial charge in [-0.25, -0.2) is 0 Å². The van der Waals surface area contributed by atoms with Crippen molar-refractivity contribution in [3.05, 3.63) is 48.0 Å². The minimum absolute atomic E-state index is 0.734. The molecule has 1 unspecified atom stereocenters. The molecular weight excluding hydrogens is 230 g/mol. The highest BCUT2D eigenvalue weighted by molar-refractivity contribution is 5.85. The van der Waals surface area contributed by atoms with E-state index >= 15 is 0 Å². The van der Waals surface area contributed by atoms with Crippen LogP contribution in [0.3, 0.4) is 0 Å². The van der Waals surface area contributed by atoms with Crippen LogP contribution in [0.5, 0.6) is 0 Å². The molecule has 0 aliphatic carbocycles. The third kappa shape index (κ3) is 3.81. The van der Waals surface area contributed by atoms with Gasteiger partial charge < -0.3 is 5.32 Å². The van der Waals surface area contributed by atoms with Gasteiger partial charge >= 0.3 is 0 Å². The Hall–Kier alpha value is -1.34. The zero-order valence-electron chi connectivity index (χ0n) is 12.2. The molecule has 0 heterocycles. The fraction of sp³-hybridized carbons (Fsp3) is 0.444. The lowest BCUT2D eigenvalue weighted by molar-refractivity contribution is 0.461. The molecule has 0 radical (unpaired) electrons. The zero-order chi connectivity index (χ0) is 13.5. The van der Waals surface area contributed by atoms with Gasteiger partial charge in [0, 0.05) is 0 Å². The van der Waals surface area contributed by atoms with Crippen molar-refractivity contribution in [1.29, 1.82) is 0 Å². The molecule has 0 spiro atoms. The summed E-state index contributed by atoms with van der Waals surface area (Å²) in [5.41, 5.74) is 1.49. The second kappa shape index (κ2) is 7.30. The van der Waals surface area contributed by atoms with Crippen molar-refractivity contribution in [3.8, 4) is 0 Å². The van der Waals surface area contributed by atoms with Crippen LogP contribution in [0.2, 0.25) is 0 Å². The molecule has 0 aliphatic rings. The van der Waals surface area contributed by atoms with Crippen LogP contribution in [0.1, 0.15) is 32.3 Å². The third-order valence-corrected chi connectivity index (χ3v) is 3.83. The van der Waals surface area contributed by atoms with Crippen LogP contribution in [-0.4, -0.2) is 13.1 Å². The van der Waals surface area contributed by atoms with E-state index in [2.05, 4.69) is 61.6 Å². The molecule has 102 valence electrons. The summed E-state index contributed by atoms with van der Waals surface area (Å²) >= 11 is 0. The van der Waals surface area contributed by atoms with Gasteiger partial charge in [-0.3, -0.25) is 0 Å². The molecule has 0 aliphatic heterocycles. The van der Waals surface area contributed by atoms with Gasteiger partial charge in [0.15, 0.2) is 0 Å². The highest BCUT2D eigenvalue weighted by Crippen LogP contribution is 2.22. The van der Waals surface area contributed by atoms with E-state index < -0.39 is 0 Å². The van der Waals surface area contributed by atoms with Crippen molar-refractivity contribution in [1.82, 2.24) is 5.32 Å². The number of hydrogen-bond donors (Lipinski definition) is 1. The van der Waals surface area contributed by atoms with Crippen molar-refractivity contribution in [2.24, 2.45) is 5.92 Å². The van der Waals surface area contributed by atoms with Crippen molar-refractivity contribution in [3.63, 3.8) is 0 Å². The average molecular weight is 255 g/mol. The lowest BCUT2D eigenvalue weighted by Crippen LogP contribution is -2.24. The van der Waals surface area contributed by atoms with Crippen molar-refractivity contribution >= 4 is 10.8 Å². The van der Waals surface area contributed by atoms with Crippen LogP contribution in [0.25, 0.3) is 10.8 Å². The number of nitrogens with one attached hydrogen (secondary N) is 1. The Balaban J connectivity index is 2.10. The van der Waals surface area contributed by atoms with Gasteiger partial charge in [0.05, 0.1) is 0 Å². The van der Waals surface area contributed by atoms with Gasteiger partial charge in [0.25, 0.3) is 0 Å². The summed E-state index contributed by atoms with van der Waals surface area (Å²) in [6.07, 6.45) is 3.62. The van der Waals surface area contributed by atoms with Gasteiger partial charge in [0.1, 0.15) is 0 Å². The second-order valence-corrected chi connectivity index (χ2v) is 5.32. The monoisotopic (exact) mass is 255 g/mol. The Labute approximate surface area is 117 Å². The molecule has 19 heavy (non-hydrogen) atoms. The Morgan fingerprint density at radius 2 is 1.79 bits per heavy atom. The van der Waals surface area contributed by atoms with Gasteiger partial charge in [-0.15, -0.1) is 0 Å². The molecule has 2 aromatic rings. The maximum absolute atomic E-state index is 3.55. The van der Waals surface area contributed by atoms with E-state index in [1.165, 1.54) is 35.6 Å². The summed E-state index contributed by atoms with van der Waals surface area (Å²) in [5.74, 6) is 0.734. The van der Waals surface area contributed by atoms with E-state index in [1.807, 2.05) is 0 Å². The standard InChI is InChI=1S/C18H25N/c1-3-12-19-14-15(4-2)13-17-10-7-9-16-8-5-6-11-18(16)17/h5-11,15,19H,3-4,12-14H2,1-2H3. The van der Waals surface area contributed by atoms with Gasteiger partial charge in [-0.2, -0.15) is 0 Å². The maximum Gasteiger partial charge on any atom is -0.00174 e. The van der Waals surface area contributed by atoms with E-state index in [1.54, 1.807) is 0 Å². The fourth-order valence-corrected chi connectivity index (χ4v) is 2.63. The Morgan fingerprint density at radius 1 is 1.00 bits per heavy atom. The van der Waals surface area contributed by atoms with Gasteiger partial charge in [0.2, 0.25) is 0 Å². The molecule has 0 fully saturated rings. The molecular formula is C18H25N. The maximum atomic E-state index is 3.55. The van der Waals surface area contributed by atoms with E-state index in [0.717, 1.165) is 19.0 Å². The third-order valence-electron chi connectivity index (χ3n) is 3.83. The van der Waals surface area contributed by atoms with Crippen LogP contribution in [0.4, 0.5) is 0 Å². The number of benzene rings is 2. The summed E-state index contributed by atoms with van der Waals surface area (Å²) in [5, 5.41) is 6.33. The summed E-state index contributed by atoms with van der Waals surface area (Å²) < 4.78 is 0. The first-order valence-electron chi connectivity index (χ1n) is 7.52. The van der Waals surface area contributed by atoms with Crippen LogP contribution in [-0.2, 0) is 6.42 Å². The van der Waals surface area contributed by atoms with E-state index in [-0.39, 0.29) is 0 Å². The van der Waals surface area contributed by atoms with Crippen molar-refractivity contribution in [2.45, 2.75) is 33.1 Å². The molecule has 0 saturated carbocycles. The summed E-state index contributed by atoms with van der Waals surface area (Å²) in [6, 6.07) is 15.4. The predicted molar refractivity (Wildman–Crippen MR) is 84.6 cm³/mol. The molecule has 0 aromatic heterocycles. The summed E-state index contributed by atoms with van der Waals surface area (Å²) in [4.78, 5) is 0. The molecule has 1 nitrogen and oxygen atoms in total. The van der Waals surface area contributed by atoms with Crippen LogP contribution in [0, 0.1) is 5.92 Å². The smallest absolute Gasteiger partial charge is 0.00174 e. The molecule has 2 rings (SSSR count). The predicted octanol–water partition coefficient (Wildman–Crippen LogP) is 4.41. The number of rotatable bonds is 7. The first-order chi connectivity index (χ1) is 9.35. The minimum Gasteiger partial charge on any atom is -0.316 e. The molecule has 0 saturated heterocycles. The molecule has 1 heteroatoms. The van der Waals surface area contributed by atoms with Crippen molar-refractivity contribution < 1.29 is 0 Å². The Kier molecular flexibility index (Phi) is 5.41. The highest BCUT2D eigenvalue weighted by atomic mass is 14.8. The van der Waals surface area contributed by atoms with E-state index in [0.29, 0.717) is 0 Å². The molecule has 2 aromatic carbocycles. The highest BCUT2D eigenvalue weighted by Gasteiger charge is 2.09. The average Bonchev–Trinajstić information content (AvgIpc) is 2.46. The SMILES string of the molecule is CCCNCC(CC)Cc1cccc2ccccc12. The van der Waals surface area contributed by atoms with Crippen molar-refractivity contribution in [2.75, 3.05) is 13.1 Å². The summed E-state index contributed by atoms with van der Waals surface area (Å²) in [6.45, 7) is 6.78. The van der Waals surface area contributed by atoms with E-state index in [9.17, 15) is 0 Å². The quantitative estimate of drug-likeness (QED) is 0.723. The molecule has 0 amide bonds. The van der Waals surface area contributed by atoms with Crippen LogP contribution < -0.4 is 5.32 Å². The normalized spacial score (nSPS) is 12.7. The number of hydrogen-bond acceptors (Lipinski definition) is 1. The first kappa shape index (κ1) is 14.1. The minimum atomic E-state index is 0.734. The number of fused-ring (bicyclic) bond motifs is 1. The van der Waals surface area contributed by atoms with Crippen LogP contribution in [0.15, 0.2) is 42.5 Å². The zero-order valence-corrected chi connectivity index (χ0v) is 12.2. The molecule has 1 N–H and O–H groups in total. The largest absolute Gasteiger partial charge is 0.316 e. The topological polar surface area (TPSA) is 12.0 Å². The molecule has 1 atom stereocenters. The van der Waals surface area contributed by atoms with E-state index in [4.69, 9.17) is 0 Å². The lowest BCUT2D eigenvalue weighted by Gasteiger charge is -2.17. The summed E-state index contributed by atoms with van der Waals surface area (Å²) in [7, 11) is 0. The van der Waals surface area contributed by atoms with Gasteiger partial charge in [-0.05, 0) is 48.2 Å². The Morgan fingerprint density at radius 3 is 2.58 bits per heavy atom. The van der Waals surface area contributed by atoms with Crippen LogP contribution >= 0.6 is 0 Å².